The molecular weight excluding hydrogens is 281 g/mol. The fourth-order valence-electron chi connectivity index (χ4n) is 2.66. The Morgan fingerprint density at radius 2 is 1.71 bits per heavy atom. The van der Waals surface area contributed by atoms with Crippen LogP contribution in [0.25, 0.3) is 0 Å². The van der Waals surface area contributed by atoms with Gasteiger partial charge in [-0.05, 0) is 44.7 Å². The molecule has 1 heterocycles. The fraction of sp³-hybridized carbons (Fsp3) is 0.533. The smallest absolute Gasteiger partial charge is 0.282 e. The molecule has 1 atom stereocenters. The first kappa shape index (κ1) is 15.8. The van der Waals surface area contributed by atoms with Crippen LogP contribution in [-0.4, -0.2) is 25.0 Å². The third-order valence-electron chi connectivity index (χ3n) is 4.04. The summed E-state index contributed by atoms with van der Waals surface area (Å²) in [5, 5.41) is 2.35. The molecule has 0 saturated carbocycles. The molecule has 21 heavy (non-hydrogen) atoms. The zero-order valence-corrected chi connectivity index (χ0v) is 12.0. The van der Waals surface area contributed by atoms with Crippen molar-refractivity contribution in [3.8, 4) is 0 Å². The summed E-state index contributed by atoms with van der Waals surface area (Å²) in [6, 6.07) is 1.49. The van der Waals surface area contributed by atoms with Crippen molar-refractivity contribution in [2.45, 2.75) is 38.6 Å². The van der Waals surface area contributed by atoms with E-state index in [0.717, 1.165) is 55.8 Å². The van der Waals surface area contributed by atoms with Crippen LogP contribution in [0.5, 0.6) is 0 Å². The van der Waals surface area contributed by atoms with E-state index in [1.165, 1.54) is 0 Å². The van der Waals surface area contributed by atoms with Gasteiger partial charge < -0.3 is 10.2 Å². The molecule has 1 aliphatic heterocycles. The number of benzene rings is 1. The van der Waals surface area contributed by atoms with Crippen LogP contribution in [0.3, 0.4) is 0 Å². The third kappa shape index (κ3) is 3.75. The average Bonchev–Trinajstić information content (AvgIpc) is 2.76. The summed E-state index contributed by atoms with van der Waals surface area (Å²) in [7, 11) is 0. The van der Waals surface area contributed by atoms with Gasteiger partial charge in [-0.2, -0.15) is 0 Å². The summed E-state index contributed by atoms with van der Waals surface area (Å²) in [5.74, 6) is -4.57. The Balaban J connectivity index is 2.05. The van der Waals surface area contributed by atoms with E-state index in [9.17, 15) is 18.0 Å². The van der Waals surface area contributed by atoms with Crippen LogP contribution >= 0.6 is 0 Å². The summed E-state index contributed by atoms with van der Waals surface area (Å²) >= 11 is 0. The molecule has 1 aliphatic rings. The topological polar surface area (TPSA) is 33.5 Å². The number of likely N-dealkylation sites (tertiary alicyclic amines) is 1. The number of hydrogen-bond donors (Lipinski definition) is 2. The molecule has 0 unspecified atom stereocenters. The van der Waals surface area contributed by atoms with Crippen molar-refractivity contribution >= 4 is 11.6 Å². The molecule has 1 aromatic rings. The van der Waals surface area contributed by atoms with Gasteiger partial charge in [0.25, 0.3) is 5.91 Å². The minimum atomic E-state index is -1.57. The summed E-state index contributed by atoms with van der Waals surface area (Å²) in [6.07, 6.45) is 4.45. The first-order valence-corrected chi connectivity index (χ1v) is 7.29. The lowest BCUT2D eigenvalue weighted by Gasteiger charge is -2.23. The number of halogens is 3. The Hall–Kier alpha value is -1.56. The Bertz CT molecular complexity index is 514. The van der Waals surface area contributed by atoms with Gasteiger partial charge in [0.2, 0.25) is 0 Å². The van der Waals surface area contributed by atoms with Gasteiger partial charge in [0.15, 0.2) is 23.5 Å². The zero-order chi connectivity index (χ0) is 15.4. The Kier molecular flexibility index (Phi) is 5.22. The molecule has 0 radical (unpaired) electrons. The van der Waals surface area contributed by atoms with E-state index in [-0.39, 0.29) is 17.6 Å². The van der Waals surface area contributed by atoms with Gasteiger partial charge in [0.05, 0.1) is 18.8 Å². The van der Waals surface area contributed by atoms with Crippen molar-refractivity contribution in [3.05, 3.63) is 29.6 Å². The van der Waals surface area contributed by atoms with Gasteiger partial charge in [0.1, 0.15) is 0 Å². The summed E-state index contributed by atoms with van der Waals surface area (Å²) in [6.45, 7) is 3.57. The van der Waals surface area contributed by atoms with Crippen LogP contribution in [0, 0.1) is 17.5 Å². The molecule has 1 fully saturated rings. The lowest BCUT2D eigenvalue weighted by molar-refractivity contribution is -0.913. The van der Waals surface area contributed by atoms with Crippen molar-refractivity contribution in [2.75, 3.05) is 18.4 Å². The Labute approximate surface area is 122 Å². The number of amides is 1. The number of nitrogens with one attached hydrogen (secondary N) is 2. The number of anilines is 1. The molecule has 0 aliphatic carbocycles. The zero-order valence-electron chi connectivity index (χ0n) is 12.0. The first-order valence-electron chi connectivity index (χ1n) is 7.29. The van der Waals surface area contributed by atoms with Crippen LogP contribution in [0.2, 0.25) is 0 Å². The third-order valence-corrected chi connectivity index (χ3v) is 4.04. The van der Waals surface area contributed by atoms with E-state index in [1.807, 2.05) is 0 Å². The normalized spacial score (nSPS) is 18.1. The van der Waals surface area contributed by atoms with Crippen molar-refractivity contribution in [1.82, 2.24) is 0 Å². The van der Waals surface area contributed by atoms with Crippen molar-refractivity contribution < 1.29 is 22.9 Å². The molecule has 3 nitrogen and oxygen atoms in total. The molecule has 0 bridgehead atoms. The van der Waals surface area contributed by atoms with Crippen LogP contribution in [0.4, 0.5) is 18.9 Å². The maximum absolute atomic E-state index is 13.6. The van der Waals surface area contributed by atoms with Gasteiger partial charge in [0, 0.05) is 0 Å². The summed E-state index contributed by atoms with van der Waals surface area (Å²) in [5.41, 5.74) is -0.319. The highest BCUT2D eigenvalue weighted by Gasteiger charge is 2.27. The largest absolute Gasteiger partial charge is 0.325 e. The highest BCUT2D eigenvalue weighted by atomic mass is 19.2. The van der Waals surface area contributed by atoms with Gasteiger partial charge in [-0.25, -0.2) is 13.2 Å². The van der Waals surface area contributed by atoms with E-state index in [4.69, 9.17) is 0 Å². The maximum Gasteiger partial charge on any atom is 0.282 e. The standard InChI is InChI=1S/C15H19F3N2O/c1-10(20-8-4-2-3-5-9-20)15(21)19-12-7-6-11(16)13(17)14(12)18/h6-7,10H,2-5,8-9H2,1H3,(H,19,21)/p+1/t10-/m1/s1. The van der Waals surface area contributed by atoms with Crippen LogP contribution < -0.4 is 10.2 Å². The quantitative estimate of drug-likeness (QED) is 0.821. The highest BCUT2D eigenvalue weighted by molar-refractivity contribution is 5.93. The number of quaternary nitrogens is 1. The molecule has 1 aromatic carbocycles. The minimum Gasteiger partial charge on any atom is -0.325 e. The summed E-state index contributed by atoms with van der Waals surface area (Å²) in [4.78, 5) is 13.3. The fourth-order valence-corrected chi connectivity index (χ4v) is 2.66. The lowest BCUT2D eigenvalue weighted by Crippen LogP contribution is -3.16. The first-order chi connectivity index (χ1) is 10.0. The highest BCUT2D eigenvalue weighted by Crippen LogP contribution is 2.19. The molecule has 0 spiro atoms. The predicted octanol–water partition coefficient (Wildman–Crippen LogP) is 1.89. The van der Waals surface area contributed by atoms with Crippen molar-refractivity contribution in [2.24, 2.45) is 0 Å². The van der Waals surface area contributed by atoms with Gasteiger partial charge >= 0.3 is 0 Å². The second-order valence-electron chi connectivity index (χ2n) is 5.51. The Morgan fingerprint density at radius 1 is 1.10 bits per heavy atom. The van der Waals surface area contributed by atoms with E-state index < -0.39 is 17.5 Å². The lowest BCUT2D eigenvalue weighted by atomic mass is 10.2. The molecule has 0 aromatic heterocycles. The number of rotatable bonds is 3. The van der Waals surface area contributed by atoms with Crippen molar-refractivity contribution in [3.63, 3.8) is 0 Å². The predicted molar refractivity (Wildman–Crippen MR) is 73.6 cm³/mol. The van der Waals surface area contributed by atoms with E-state index in [1.54, 1.807) is 6.92 Å². The van der Waals surface area contributed by atoms with Gasteiger partial charge in [-0.1, -0.05) is 0 Å². The van der Waals surface area contributed by atoms with E-state index >= 15 is 0 Å². The van der Waals surface area contributed by atoms with Gasteiger partial charge in [-0.15, -0.1) is 0 Å². The number of hydrogen-bond acceptors (Lipinski definition) is 1. The molecule has 1 amide bonds. The molecule has 2 N–H and O–H groups in total. The van der Waals surface area contributed by atoms with E-state index in [0.29, 0.717) is 0 Å². The summed E-state index contributed by atoms with van der Waals surface area (Å²) < 4.78 is 39.6. The number of carbonyl (C=O) groups is 1. The van der Waals surface area contributed by atoms with Crippen LogP contribution in [-0.2, 0) is 4.79 Å². The van der Waals surface area contributed by atoms with Crippen LogP contribution in [0.15, 0.2) is 12.1 Å². The maximum atomic E-state index is 13.6. The molecule has 6 heteroatoms. The van der Waals surface area contributed by atoms with Gasteiger partial charge in [-0.3, -0.25) is 4.79 Å². The van der Waals surface area contributed by atoms with Crippen LogP contribution in [0.1, 0.15) is 32.6 Å². The second-order valence-corrected chi connectivity index (χ2v) is 5.51. The SMILES string of the molecule is C[C@H](C(=O)Nc1ccc(F)c(F)c1F)[NH+]1CCCCCC1. The van der Waals surface area contributed by atoms with E-state index in [2.05, 4.69) is 5.32 Å². The molecule has 116 valence electrons. The average molecular weight is 301 g/mol. The molecule has 2 rings (SSSR count). The molecular formula is C15H20F3N2O+. The molecule has 1 saturated heterocycles. The number of carbonyl (C=O) groups excluding carboxylic acids is 1. The minimum absolute atomic E-state index is 0.319. The monoisotopic (exact) mass is 301 g/mol. The van der Waals surface area contributed by atoms with Crippen molar-refractivity contribution in [1.29, 1.82) is 0 Å². The second kappa shape index (κ2) is 6.93. The Morgan fingerprint density at radius 3 is 2.33 bits per heavy atom.